The Balaban J connectivity index is 1.70. The Morgan fingerprint density at radius 2 is 2.09 bits per heavy atom. The normalized spacial score (nSPS) is 31.5. The molecule has 2 fully saturated rings. The van der Waals surface area contributed by atoms with Gasteiger partial charge in [0.1, 0.15) is 11.7 Å². The molecule has 122 valence electrons. The number of aromatic nitrogens is 1. The van der Waals surface area contributed by atoms with E-state index < -0.39 is 17.3 Å². The number of nitrogens with one attached hydrogen (secondary N) is 1. The third-order valence-corrected chi connectivity index (χ3v) is 5.17. The van der Waals surface area contributed by atoms with Crippen molar-refractivity contribution in [2.24, 2.45) is 0 Å². The van der Waals surface area contributed by atoms with Gasteiger partial charge < -0.3 is 24.8 Å². The standard InChI is InChI=1S/C16H24N2O4/c1-11-12(3-7-17-11)13(19)18-8-4-16(5-9-18)14(20)15(2,21)6-10-22-16/h3,7,14,17,20-21H,4-6,8-10H2,1-2H3/t14-,15+/m0/s1. The van der Waals surface area contributed by atoms with E-state index in [-0.39, 0.29) is 5.91 Å². The van der Waals surface area contributed by atoms with Crippen LogP contribution in [0.15, 0.2) is 12.3 Å². The third kappa shape index (κ3) is 2.45. The van der Waals surface area contributed by atoms with Crippen LogP contribution in [0.2, 0.25) is 0 Å². The second-order valence-electron chi connectivity index (χ2n) is 6.73. The van der Waals surface area contributed by atoms with Crippen LogP contribution < -0.4 is 0 Å². The monoisotopic (exact) mass is 308 g/mol. The molecule has 1 spiro atoms. The van der Waals surface area contributed by atoms with Crippen LogP contribution in [0.5, 0.6) is 0 Å². The van der Waals surface area contributed by atoms with Crippen molar-refractivity contribution in [1.82, 2.24) is 9.88 Å². The molecule has 0 aliphatic carbocycles. The van der Waals surface area contributed by atoms with E-state index in [2.05, 4.69) is 4.98 Å². The minimum atomic E-state index is -1.12. The molecule has 22 heavy (non-hydrogen) atoms. The summed E-state index contributed by atoms with van der Waals surface area (Å²) >= 11 is 0. The molecule has 2 atom stereocenters. The number of carbonyl (C=O) groups is 1. The van der Waals surface area contributed by atoms with Gasteiger partial charge in [0.25, 0.3) is 5.91 Å². The van der Waals surface area contributed by atoms with Crippen LogP contribution in [0.25, 0.3) is 0 Å². The topological polar surface area (TPSA) is 85.8 Å². The van der Waals surface area contributed by atoms with Gasteiger partial charge in [0.15, 0.2) is 0 Å². The second kappa shape index (κ2) is 5.37. The van der Waals surface area contributed by atoms with E-state index >= 15 is 0 Å². The molecule has 2 aliphatic heterocycles. The first-order valence-electron chi connectivity index (χ1n) is 7.83. The molecule has 0 unspecified atom stereocenters. The highest BCUT2D eigenvalue weighted by atomic mass is 16.5. The van der Waals surface area contributed by atoms with E-state index in [0.29, 0.717) is 44.5 Å². The fraction of sp³-hybridized carbons (Fsp3) is 0.688. The van der Waals surface area contributed by atoms with Gasteiger partial charge in [0, 0.05) is 31.4 Å². The Kier molecular flexibility index (Phi) is 3.79. The fourth-order valence-corrected chi connectivity index (χ4v) is 3.60. The average Bonchev–Trinajstić information content (AvgIpc) is 2.91. The van der Waals surface area contributed by atoms with Crippen molar-refractivity contribution in [3.05, 3.63) is 23.5 Å². The fourth-order valence-electron chi connectivity index (χ4n) is 3.60. The van der Waals surface area contributed by atoms with E-state index in [0.717, 1.165) is 5.69 Å². The number of rotatable bonds is 1. The highest BCUT2D eigenvalue weighted by molar-refractivity contribution is 5.95. The Labute approximate surface area is 130 Å². The zero-order chi connectivity index (χ0) is 16.0. The molecule has 0 bridgehead atoms. The number of nitrogens with zero attached hydrogens (tertiary/aromatic N) is 1. The first-order chi connectivity index (χ1) is 10.4. The van der Waals surface area contributed by atoms with E-state index in [1.165, 1.54) is 0 Å². The van der Waals surface area contributed by atoms with Crippen LogP contribution in [-0.2, 0) is 4.74 Å². The minimum absolute atomic E-state index is 0.00524. The predicted molar refractivity (Wildman–Crippen MR) is 80.6 cm³/mol. The van der Waals surface area contributed by atoms with Crippen molar-refractivity contribution < 1.29 is 19.7 Å². The number of aliphatic hydroxyl groups excluding tert-OH is 1. The lowest BCUT2D eigenvalue weighted by molar-refractivity contribution is -0.244. The molecule has 0 saturated carbocycles. The number of aliphatic hydroxyl groups is 2. The molecule has 0 radical (unpaired) electrons. The van der Waals surface area contributed by atoms with Gasteiger partial charge in [-0.2, -0.15) is 0 Å². The van der Waals surface area contributed by atoms with Crippen molar-refractivity contribution in [2.75, 3.05) is 19.7 Å². The zero-order valence-corrected chi connectivity index (χ0v) is 13.1. The Morgan fingerprint density at radius 3 is 2.68 bits per heavy atom. The number of amides is 1. The number of H-pyrrole nitrogens is 1. The number of carbonyl (C=O) groups excluding carboxylic acids is 1. The van der Waals surface area contributed by atoms with Gasteiger partial charge in [-0.15, -0.1) is 0 Å². The number of hydrogen-bond acceptors (Lipinski definition) is 4. The summed E-state index contributed by atoms with van der Waals surface area (Å²) in [7, 11) is 0. The smallest absolute Gasteiger partial charge is 0.255 e. The molecular formula is C16H24N2O4. The maximum absolute atomic E-state index is 12.5. The van der Waals surface area contributed by atoms with E-state index in [4.69, 9.17) is 4.74 Å². The van der Waals surface area contributed by atoms with Crippen molar-refractivity contribution in [1.29, 1.82) is 0 Å². The third-order valence-electron chi connectivity index (χ3n) is 5.17. The van der Waals surface area contributed by atoms with Gasteiger partial charge in [-0.3, -0.25) is 4.79 Å². The van der Waals surface area contributed by atoms with Crippen LogP contribution in [0.3, 0.4) is 0 Å². The van der Waals surface area contributed by atoms with Crippen molar-refractivity contribution >= 4 is 5.91 Å². The lowest BCUT2D eigenvalue weighted by Crippen LogP contribution is -2.64. The molecular weight excluding hydrogens is 284 g/mol. The summed E-state index contributed by atoms with van der Waals surface area (Å²) in [4.78, 5) is 17.3. The van der Waals surface area contributed by atoms with Crippen molar-refractivity contribution in [3.8, 4) is 0 Å². The summed E-state index contributed by atoms with van der Waals surface area (Å²) in [5, 5.41) is 20.8. The molecule has 3 heterocycles. The average molecular weight is 308 g/mol. The molecule has 3 N–H and O–H groups in total. The molecule has 2 aliphatic rings. The van der Waals surface area contributed by atoms with Crippen LogP contribution in [0, 0.1) is 6.92 Å². The number of aromatic amines is 1. The van der Waals surface area contributed by atoms with Crippen LogP contribution >= 0.6 is 0 Å². The van der Waals surface area contributed by atoms with Gasteiger partial charge in [0.2, 0.25) is 0 Å². The summed E-state index contributed by atoms with van der Waals surface area (Å²) in [6.07, 6.45) is 2.36. The molecule has 0 aromatic carbocycles. The molecule has 1 amide bonds. The number of likely N-dealkylation sites (tertiary alicyclic amines) is 1. The Hall–Kier alpha value is -1.37. The highest BCUT2D eigenvalue weighted by Gasteiger charge is 2.52. The summed E-state index contributed by atoms with van der Waals surface area (Å²) in [6.45, 7) is 5.02. The number of hydrogen-bond donors (Lipinski definition) is 3. The molecule has 3 rings (SSSR count). The molecule has 2 saturated heterocycles. The largest absolute Gasteiger partial charge is 0.387 e. The molecule has 6 nitrogen and oxygen atoms in total. The molecule has 1 aromatic rings. The number of piperidine rings is 1. The Morgan fingerprint density at radius 1 is 1.41 bits per heavy atom. The summed E-state index contributed by atoms with van der Waals surface area (Å²) in [6, 6.07) is 1.79. The SMILES string of the molecule is Cc1[nH]ccc1C(=O)N1CCC2(CC1)OCC[C@@](C)(O)[C@@H]2O. The second-order valence-corrected chi connectivity index (χ2v) is 6.73. The van der Waals surface area contributed by atoms with Crippen molar-refractivity contribution in [2.45, 2.75) is 50.4 Å². The number of aryl methyl sites for hydroxylation is 1. The van der Waals surface area contributed by atoms with E-state index in [1.807, 2.05) is 6.92 Å². The van der Waals surface area contributed by atoms with E-state index in [1.54, 1.807) is 24.1 Å². The van der Waals surface area contributed by atoms with Gasteiger partial charge in [0.05, 0.1) is 17.8 Å². The maximum Gasteiger partial charge on any atom is 0.255 e. The number of ether oxygens (including phenoxy) is 1. The van der Waals surface area contributed by atoms with Crippen LogP contribution in [0.1, 0.15) is 42.2 Å². The quantitative estimate of drug-likeness (QED) is 0.717. The lowest BCUT2D eigenvalue weighted by Gasteiger charge is -2.51. The lowest BCUT2D eigenvalue weighted by atomic mass is 9.75. The van der Waals surface area contributed by atoms with Gasteiger partial charge in [-0.05, 0) is 32.8 Å². The summed E-state index contributed by atoms with van der Waals surface area (Å²) in [5.41, 5.74) is -0.303. The van der Waals surface area contributed by atoms with Gasteiger partial charge in [-0.1, -0.05) is 0 Å². The maximum atomic E-state index is 12.5. The first-order valence-corrected chi connectivity index (χ1v) is 7.83. The molecule has 1 aromatic heterocycles. The molecule has 6 heteroatoms. The van der Waals surface area contributed by atoms with Crippen molar-refractivity contribution in [3.63, 3.8) is 0 Å². The van der Waals surface area contributed by atoms with Gasteiger partial charge in [-0.25, -0.2) is 0 Å². The van der Waals surface area contributed by atoms with Crippen LogP contribution in [0.4, 0.5) is 0 Å². The highest BCUT2D eigenvalue weighted by Crippen LogP contribution is 2.40. The van der Waals surface area contributed by atoms with E-state index in [9.17, 15) is 15.0 Å². The van der Waals surface area contributed by atoms with Crippen LogP contribution in [-0.4, -0.2) is 63.0 Å². The Bertz CT molecular complexity index is 558. The first kappa shape index (κ1) is 15.5. The summed E-state index contributed by atoms with van der Waals surface area (Å²) in [5.74, 6) is 0.00524. The zero-order valence-electron chi connectivity index (χ0n) is 13.1. The van der Waals surface area contributed by atoms with Gasteiger partial charge >= 0.3 is 0 Å². The summed E-state index contributed by atoms with van der Waals surface area (Å²) < 4.78 is 5.84. The minimum Gasteiger partial charge on any atom is -0.387 e. The predicted octanol–water partition coefficient (Wildman–Crippen LogP) is 0.830.